The normalized spacial score (nSPS) is 22.5. The lowest BCUT2D eigenvalue weighted by molar-refractivity contribution is -0.136. The third-order valence-corrected chi connectivity index (χ3v) is 4.00. The van der Waals surface area contributed by atoms with Gasteiger partial charge in [0.05, 0.1) is 5.54 Å². The zero-order valence-electron chi connectivity index (χ0n) is 9.49. The fourth-order valence-corrected chi connectivity index (χ4v) is 2.88. The van der Waals surface area contributed by atoms with Gasteiger partial charge in [0.1, 0.15) is 0 Å². The van der Waals surface area contributed by atoms with E-state index in [1.54, 1.807) is 11.8 Å². The number of amides is 1. The van der Waals surface area contributed by atoms with Crippen molar-refractivity contribution in [1.29, 1.82) is 0 Å². The average molecular weight is 232 g/mol. The van der Waals surface area contributed by atoms with Crippen LogP contribution in [0.3, 0.4) is 0 Å². The van der Waals surface area contributed by atoms with E-state index >= 15 is 0 Å². The highest BCUT2D eigenvalue weighted by Crippen LogP contribution is 2.14. The molecule has 15 heavy (non-hydrogen) atoms. The van der Waals surface area contributed by atoms with Gasteiger partial charge in [0.2, 0.25) is 5.91 Å². The molecule has 1 heterocycles. The summed E-state index contributed by atoms with van der Waals surface area (Å²) in [5.41, 5.74) is 5.21. The molecule has 88 valence electrons. The van der Waals surface area contributed by atoms with Crippen LogP contribution in [-0.4, -0.2) is 45.2 Å². The molecule has 1 aliphatic rings. The van der Waals surface area contributed by atoms with Crippen molar-refractivity contribution in [3.8, 4) is 0 Å². The fourth-order valence-electron chi connectivity index (χ4n) is 1.83. The van der Waals surface area contributed by atoms with E-state index < -0.39 is 16.3 Å². The molecule has 0 aromatic carbocycles. The summed E-state index contributed by atoms with van der Waals surface area (Å²) >= 11 is 0. The maximum absolute atomic E-state index is 12.0. The van der Waals surface area contributed by atoms with Gasteiger partial charge in [-0.2, -0.15) is 0 Å². The van der Waals surface area contributed by atoms with Gasteiger partial charge in [-0.1, -0.05) is 13.3 Å². The second-order valence-corrected chi connectivity index (χ2v) is 6.00. The Bertz CT molecular complexity index is 256. The molecule has 4 nitrogen and oxygen atoms in total. The van der Waals surface area contributed by atoms with Gasteiger partial charge >= 0.3 is 0 Å². The third-order valence-electron chi connectivity index (χ3n) is 2.72. The number of rotatable bonds is 3. The Balaban J connectivity index is 2.56. The number of nitrogens with two attached hydrogens (primary N) is 1. The quantitative estimate of drug-likeness (QED) is 0.750. The van der Waals surface area contributed by atoms with Crippen LogP contribution in [-0.2, 0) is 15.6 Å². The molecule has 1 unspecified atom stereocenters. The van der Waals surface area contributed by atoms with Crippen LogP contribution >= 0.6 is 0 Å². The van der Waals surface area contributed by atoms with E-state index in [0.717, 1.165) is 6.42 Å². The third kappa shape index (κ3) is 3.28. The Morgan fingerprint density at radius 1 is 1.47 bits per heavy atom. The first kappa shape index (κ1) is 12.6. The van der Waals surface area contributed by atoms with Gasteiger partial charge in [0.25, 0.3) is 0 Å². The van der Waals surface area contributed by atoms with Gasteiger partial charge < -0.3 is 10.6 Å². The summed E-state index contributed by atoms with van der Waals surface area (Å²) < 4.78 is 11.1. The molecule has 1 amide bonds. The van der Waals surface area contributed by atoms with Crippen molar-refractivity contribution in [1.82, 2.24) is 4.90 Å². The second kappa shape index (κ2) is 5.07. The topological polar surface area (TPSA) is 63.4 Å². The first-order valence-electron chi connectivity index (χ1n) is 5.40. The highest BCUT2D eigenvalue weighted by molar-refractivity contribution is 7.85. The molecular formula is C10H20N2O2S. The van der Waals surface area contributed by atoms with Gasteiger partial charge in [-0.05, 0) is 13.3 Å². The van der Waals surface area contributed by atoms with E-state index in [2.05, 4.69) is 0 Å². The van der Waals surface area contributed by atoms with Crippen molar-refractivity contribution >= 4 is 16.7 Å². The van der Waals surface area contributed by atoms with Crippen molar-refractivity contribution in [3.63, 3.8) is 0 Å². The minimum Gasteiger partial charge on any atom is -0.339 e. The maximum atomic E-state index is 12.0. The Kier molecular flexibility index (Phi) is 4.28. The molecule has 1 atom stereocenters. The molecular weight excluding hydrogens is 212 g/mol. The molecule has 0 aliphatic carbocycles. The Morgan fingerprint density at radius 3 is 2.47 bits per heavy atom. The zero-order chi connectivity index (χ0) is 11.5. The molecule has 0 aromatic heterocycles. The van der Waals surface area contributed by atoms with Crippen LogP contribution in [0.2, 0.25) is 0 Å². The SMILES string of the molecule is CCCC(C)(N)C(=O)N1CCS(=O)CC1. The monoisotopic (exact) mass is 232 g/mol. The lowest BCUT2D eigenvalue weighted by Gasteiger charge is -2.33. The maximum Gasteiger partial charge on any atom is 0.242 e. The second-order valence-electron chi connectivity index (χ2n) is 4.31. The molecule has 0 saturated carbocycles. The van der Waals surface area contributed by atoms with Gasteiger partial charge in [0, 0.05) is 35.4 Å². The van der Waals surface area contributed by atoms with Crippen LogP contribution in [0.1, 0.15) is 26.7 Å². The van der Waals surface area contributed by atoms with Crippen molar-refractivity contribution < 1.29 is 9.00 Å². The molecule has 2 N–H and O–H groups in total. The number of carbonyl (C=O) groups excluding carboxylic acids is 1. The molecule has 1 aliphatic heterocycles. The molecule has 1 fully saturated rings. The van der Waals surface area contributed by atoms with E-state index in [1.165, 1.54) is 0 Å². The molecule has 5 heteroatoms. The lowest BCUT2D eigenvalue weighted by atomic mass is 9.96. The molecule has 0 aromatic rings. The van der Waals surface area contributed by atoms with Crippen LogP contribution in [0, 0.1) is 0 Å². The van der Waals surface area contributed by atoms with Gasteiger partial charge in [-0.3, -0.25) is 9.00 Å². The summed E-state index contributed by atoms with van der Waals surface area (Å²) in [7, 11) is -0.743. The van der Waals surface area contributed by atoms with Crippen molar-refractivity contribution in [3.05, 3.63) is 0 Å². The summed E-state index contributed by atoms with van der Waals surface area (Å²) in [6, 6.07) is 0. The predicted molar refractivity (Wildman–Crippen MR) is 62.0 cm³/mol. The van der Waals surface area contributed by atoms with Crippen LogP contribution in [0.4, 0.5) is 0 Å². The number of nitrogens with zero attached hydrogens (tertiary/aromatic N) is 1. The summed E-state index contributed by atoms with van der Waals surface area (Å²) in [5.74, 6) is 1.18. The standard InChI is InChI=1S/C10H20N2O2S/c1-3-4-10(2,11)9(13)12-5-7-15(14)8-6-12/h3-8,11H2,1-2H3. The smallest absolute Gasteiger partial charge is 0.242 e. The van der Waals surface area contributed by atoms with E-state index in [-0.39, 0.29) is 5.91 Å². The average Bonchev–Trinajstić information content (AvgIpc) is 2.18. The first-order chi connectivity index (χ1) is 6.97. The summed E-state index contributed by atoms with van der Waals surface area (Å²) in [6.45, 7) is 4.97. The molecule has 0 bridgehead atoms. The summed E-state index contributed by atoms with van der Waals surface area (Å²) in [4.78, 5) is 13.8. The summed E-state index contributed by atoms with van der Waals surface area (Å²) in [6.07, 6.45) is 1.60. The minimum atomic E-state index is -0.756. The van der Waals surface area contributed by atoms with Crippen molar-refractivity contribution in [2.45, 2.75) is 32.2 Å². The number of hydrogen-bond acceptors (Lipinski definition) is 3. The van der Waals surface area contributed by atoms with Gasteiger partial charge in [-0.25, -0.2) is 0 Å². The Morgan fingerprint density at radius 2 is 2.00 bits per heavy atom. The Hall–Kier alpha value is -0.420. The predicted octanol–water partition coefficient (Wildman–Crippen LogP) is 0.0948. The summed E-state index contributed by atoms with van der Waals surface area (Å²) in [5, 5.41) is 0. The van der Waals surface area contributed by atoms with Crippen molar-refractivity contribution in [2.24, 2.45) is 5.73 Å². The van der Waals surface area contributed by atoms with E-state index in [4.69, 9.17) is 5.73 Å². The Labute approximate surface area is 93.7 Å². The lowest BCUT2D eigenvalue weighted by Crippen LogP contribution is -2.56. The van der Waals surface area contributed by atoms with E-state index in [0.29, 0.717) is 31.0 Å². The highest BCUT2D eigenvalue weighted by atomic mass is 32.2. The van der Waals surface area contributed by atoms with E-state index in [9.17, 15) is 9.00 Å². The van der Waals surface area contributed by atoms with Crippen LogP contribution in [0.25, 0.3) is 0 Å². The zero-order valence-corrected chi connectivity index (χ0v) is 10.3. The largest absolute Gasteiger partial charge is 0.339 e. The van der Waals surface area contributed by atoms with Gasteiger partial charge in [0.15, 0.2) is 0 Å². The molecule has 1 rings (SSSR count). The molecule has 1 saturated heterocycles. The van der Waals surface area contributed by atoms with Crippen LogP contribution in [0.15, 0.2) is 0 Å². The first-order valence-corrected chi connectivity index (χ1v) is 6.89. The number of carbonyl (C=O) groups is 1. The van der Waals surface area contributed by atoms with Crippen LogP contribution < -0.4 is 5.73 Å². The molecule has 0 radical (unpaired) electrons. The number of hydrogen-bond donors (Lipinski definition) is 1. The van der Waals surface area contributed by atoms with Crippen LogP contribution in [0.5, 0.6) is 0 Å². The van der Waals surface area contributed by atoms with Gasteiger partial charge in [-0.15, -0.1) is 0 Å². The minimum absolute atomic E-state index is 0.000972. The van der Waals surface area contributed by atoms with Crippen molar-refractivity contribution in [2.75, 3.05) is 24.6 Å². The van der Waals surface area contributed by atoms with E-state index in [1.807, 2.05) is 6.92 Å². The fraction of sp³-hybridized carbons (Fsp3) is 0.900. The molecule has 0 spiro atoms. The highest BCUT2D eigenvalue weighted by Gasteiger charge is 2.33.